The number of carbonyl (C=O) groups is 2. The number of benzene rings is 2. The number of ether oxygens (including phenoxy) is 1. The normalized spacial score (nSPS) is 19.0. The maximum absolute atomic E-state index is 13.3. The molecular formula is C26H20N4O4. The number of aryl methyl sites for hydroxylation is 1. The van der Waals surface area contributed by atoms with E-state index in [2.05, 4.69) is 15.0 Å². The number of H-pyrrole nitrogens is 1. The topological polar surface area (TPSA) is 108 Å². The van der Waals surface area contributed by atoms with Crippen LogP contribution in [0.2, 0.25) is 0 Å². The quantitative estimate of drug-likeness (QED) is 0.278. The molecule has 2 aromatic heterocycles. The molecule has 4 aromatic rings. The average molecular weight is 452 g/mol. The lowest BCUT2D eigenvalue weighted by Gasteiger charge is -2.22. The number of hydrogen-bond acceptors (Lipinski definition) is 6. The van der Waals surface area contributed by atoms with Gasteiger partial charge >= 0.3 is 5.91 Å². The number of hydrogen-bond donors (Lipinski definition) is 2. The molecule has 4 heterocycles. The van der Waals surface area contributed by atoms with Crippen molar-refractivity contribution in [2.75, 3.05) is 11.5 Å². The monoisotopic (exact) mass is 452 g/mol. The highest BCUT2D eigenvalue weighted by Crippen LogP contribution is 2.42. The van der Waals surface area contributed by atoms with E-state index in [-0.39, 0.29) is 17.3 Å². The van der Waals surface area contributed by atoms with Crippen molar-refractivity contribution in [1.82, 2.24) is 15.0 Å². The zero-order valence-corrected chi connectivity index (χ0v) is 18.3. The van der Waals surface area contributed by atoms with E-state index in [0.29, 0.717) is 23.3 Å². The minimum absolute atomic E-state index is 0.00621. The number of nitrogens with one attached hydrogen (secondary N) is 1. The van der Waals surface area contributed by atoms with Gasteiger partial charge in [-0.2, -0.15) is 0 Å². The molecule has 0 bridgehead atoms. The molecule has 168 valence electrons. The molecule has 2 aromatic carbocycles. The number of ketones is 1. The third-order valence-electron chi connectivity index (χ3n) is 6.28. The van der Waals surface area contributed by atoms with Crippen LogP contribution in [-0.4, -0.2) is 38.4 Å². The van der Waals surface area contributed by atoms with E-state index < -0.39 is 17.7 Å². The molecule has 0 saturated carbocycles. The number of Topliss-reactive ketones (excluding diaryl/α,β-unsaturated/α-hetero) is 1. The molecule has 1 atom stereocenters. The van der Waals surface area contributed by atoms with Crippen LogP contribution in [0.4, 0.5) is 5.95 Å². The first-order chi connectivity index (χ1) is 16.5. The number of carbonyl (C=O) groups excluding carboxylic acids is 2. The Bertz CT molecular complexity index is 1510. The summed E-state index contributed by atoms with van der Waals surface area (Å²) in [6.45, 7) is 2.54. The van der Waals surface area contributed by atoms with Crippen molar-refractivity contribution >= 4 is 34.4 Å². The first-order valence-electron chi connectivity index (χ1n) is 10.9. The number of aliphatic hydroxyl groups excluding tert-OH is 1. The van der Waals surface area contributed by atoms with E-state index >= 15 is 0 Å². The summed E-state index contributed by atoms with van der Waals surface area (Å²) in [6.07, 6.45) is 3.89. The zero-order valence-electron chi connectivity index (χ0n) is 18.3. The highest BCUT2D eigenvalue weighted by Gasteiger charge is 2.48. The van der Waals surface area contributed by atoms with Crippen LogP contribution in [0, 0.1) is 6.92 Å². The van der Waals surface area contributed by atoms with Crippen molar-refractivity contribution in [3.05, 3.63) is 88.8 Å². The molecular weight excluding hydrogens is 432 g/mol. The van der Waals surface area contributed by atoms with E-state index in [1.807, 2.05) is 25.1 Å². The van der Waals surface area contributed by atoms with Crippen LogP contribution in [0.15, 0.2) is 66.5 Å². The SMILES string of the molecule is Cc1ccc2nc(N3C(=O)C(=O)/C(=C(/O)c4ccc5c(c4)CCO5)C3c3ccncc3)[nH]c2c1. The first-order valence-corrected chi connectivity index (χ1v) is 10.9. The summed E-state index contributed by atoms with van der Waals surface area (Å²) in [5.74, 6) is -0.758. The number of fused-ring (bicyclic) bond motifs is 2. The van der Waals surface area contributed by atoms with Crippen molar-refractivity contribution < 1.29 is 19.4 Å². The third kappa shape index (κ3) is 3.07. The minimum Gasteiger partial charge on any atom is -0.507 e. The Balaban J connectivity index is 1.54. The van der Waals surface area contributed by atoms with Gasteiger partial charge < -0.3 is 14.8 Å². The Morgan fingerprint density at radius 3 is 2.76 bits per heavy atom. The predicted octanol–water partition coefficient (Wildman–Crippen LogP) is 3.83. The van der Waals surface area contributed by atoms with E-state index in [1.165, 1.54) is 4.90 Å². The molecule has 2 aliphatic rings. The van der Waals surface area contributed by atoms with Crippen molar-refractivity contribution in [2.24, 2.45) is 0 Å². The van der Waals surface area contributed by atoms with Gasteiger partial charge in [0.2, 0.25) is 5.95 Å². The van der Waals surface area contributed by atoms with Gasteiger partial charge in [0.15, 0.2) is 0 Å². The van der Waals surface area contributed by atoms with Gasteiger partial charge in [-0.3, -0.25) is 19.5 Å². The van der Waals surface area contributed by atoms with Gasteiger partial charge in [-0.25, -0.2) is 4.98 Å². The first kappa shape index (κ1) is 20.2. The molecule has 1 amide bonds. The second-order valence-electron chi connectivity index (χ2n) is 8.45. The number of imidazole rings is 1. The minimum atomic E-state index is -0.867. The highest BCUT2D eigenvalue weighted by atomic mass is 16.5. The second kappa shape index (κ2) is 7.55. The predicted molar refractivity (Wildman–Crippen MR) is 125 cm³/mol. The second-order valence-corrected chi connectivity index (χ2v) is 8.45. The van der Waals surface area contributed by atoms with Crippen molar-refractivity contribution in [3.63, 3.8) is 0 Å². The van der Waals surface area contributed by atoms with Crippen LogP contribution in [0.1, 0.15) is 28.3 Å². The molecule has 6 rings (SSSR count). The highest BCUT2D eigenvalue weighted by molar-refractivity contribution is 6.51. The van der Waals surface area contributed by atoms with Crippen molar-refractivity contribution in [2.45, 2.75) is 19.4 Å². The Morgan fingerprint density at radius 2 is 1.94 bits per heavy atom. The Labute approximate surface area is 194 Å². The summed E-state index contributed by atoms with van der Waals surface area (Å²) in [4.78, 5) is 39.7. The van der Waals surface area contributed by atoms with E-state index in [1.54, 1.807) is 42.7 Å². The number of aliphatic hydroxyl groups is 1. The number of nitrogens with zero attached hydrogens (tertiary/aromatic N) is 3. The molecule has 34 heavy (non-hydrogen) atoms. The largest absolute Gasteiger partial charge is 0.507 e. The molecule has 0 spiro atoms. The molecule has 8 heteroatoms. The number of amides is 1. The van der Waals surface area contributed by atoms with Gasteiger partial charge in [0.25, 0.3) is 5.78 Å². The van der Waals surface area contributed by atoms with Crippen LogP contribution in [0.25, 0.3) is 16.8 Å². The summed E-state index contributed by atoms with van der Waals surface area (Å²) in [5, 5.41) is 11.3. The fraction of sp³-hybridized carbons (Fsp3) is 0.154. The fourth-order valence-electron chi connectivity index (χ4n) is 4.63. The number of rotatable bonds is 3. The zero-order chi connectivity index (χ0) is 23.4. The Kier molecular flexibility index (Phi) is 4.48. The van der Waals surface area contributed by atoms with Gasteiger partial charge in [0.1, 0.15) is 11.5 Å². The van der Waals surface area contributed by atoms with E-state index in [4.69, 9.17) is 4.74 Å². The molecule has 1 saturated heterocycles. The van der Waals surface area contributed by atoms with Gasteiger partial charge in [-0.05, 0) is 66.1 Å². The molecule has 0 radical (unpaired) electrons. The lowest BCUT2D eigenvalue weighted by Crippen LogP contribution is -2.30. The van der Waals surface area contributed by atoms with E-state index in [0.717, 1.165) is 28.8 Å². The van der Waals surface area contributed by atoms with Gasteiger partial charge in [-0.15, -0.1) is 0 Å². The molecule has 2 aliphatic heterocycles. The van der Waals surface area contributed by atoms with E-state index in [9.17, 15) is 14.7 Å². The summed E-state index contributed by atoms with van der Waals surface area (Å²) in [6, 6.07) is 13.6. The summed E-state index contributed by atoms with van der Waals surface area (Å²) >= 11 is 0. The maximum Gasteiger partial charge on any atom is 0.302 e. The van der Waals surface area contributed by atoms with Crippen LogP contribution >= 0.6 is 0 Å². The fourth-order valence-corrected chi connectivity index (χ4v) is 4.63. The van der Waals surface area contributed by atoms with Crippen LogP contribution in [0.5, 0.6) is 5.75 Å². The molecule has 2 N–H and O–H groups in total. The standard InChI is InChI=1S/C26H20N4O4/c1-14-2-4-18-19(12-14)29-26(28-18)30-22(15-6-9-27-10-7-15)21(24(32)25(30)33)23(31)17-3-5-20-16(13-17)8-11-34-20/h2-7,9-10,12-13,22,31H,8,11H2,1H3,(H,28,29)/b23-21+. The lowest BCUT2D eigenvalue weighted by molar-refractivity contribution is -0.132. The Hall–Kier alpha value is -4.46. The number of anilines is 1. The number of aromatic amines is 1. The lowest BCUT2D eigenvalue weighted by atomic mass is 9.95. The molecule has 1 unspecified atom stereocenters. The van der Waals surface area contributed by atoms with Crippen LogP contribution < -0.4 is 9.64 Å². The Morgan fingerprint density at radius 1 is 1.12 bits per heavy atom. The summed E-state index contributed by atoms with van der Waals surface area (Å²) in [5.41, 5.74) is 4.52. The third-order valence-corrected chi connectivity index (χ3v) is 6.28. The molecule has 0 aliphatic carbocycles. The van der Waals surface area contributed by atoms with Gasteiger partial charge in [0.05, 0.1) is 29.3 Å². The summed E-state index contributed by atoms with van der Waals surface area (Å²) < 4.78 is 5.55. The summed E-state index contributed by atoms with van der Waals surface area (Å²) in [7, 11) is 0. The smallest absolute Gasteiger partial charge is 0.302 e. The van der Waals surface area contributed by atoms with Gasteiger partial charge in [-0.1, -0.05) is 6.07 Å². The van der Waals surface area contributed by atoms with Gasteiger partial charge in [0, 0.05) is 24.4 Å². The molecule has 1 fully saturated rings. The van der Waals surface area contributed by atoms with Crippen molar-refractivity contribution in [1.29, 1.82) is 0 Å². The maximum atomic E-state index is 13.3. The average Bonchev–Trinajstić information content (AvgIpc) is 3.55. The van der Waals surface area contributed by atoms with Crippen molar-refractivity contribution in [3.8, 4) is 5.75 Å². The molecule has 8 nitrogen and oxygen atoms in total. The van der Waals surface area contributed by atoms with Crippen LogP contribution in [0.3, 0.4) is 0 Å². The van der Waals surface area contributed by atoms with Crippen LogP contribution in [-0.2, 0) is 16.0 Å². The number of pyridine rings is 1. The number of aromatic nitrogens is 3.